The SMILES string of the molecule is CC1(C)c2ccccc2-c2cc3c4cc(-n5c6cc7c(cc6c6cc8c(cc65)C(C)(C)C(C)(C)C8(C)C)C(C)(C)C(C)(C)C7(C)C)ccc4n(-c4ccccc4)c3cc21. The predicted octanol–water partition coefficient (Wildman–Crippen LogP) is 15.4. The molecule has 2 nitrogen and oxygen atoms in total. The fourth-order valence-electron chi connectivity index (χ4n) is 12.6. The van der Waals surface area contributed by atoms with Crippen molar-refractivity contribution in [1.82, 2.24) is 9.13 Å². The fourth-order valence-corrected chi connectivity index (χ4v) is 12.6. The van der Waals surface area contributed by atoms with Crippen molar-refractivity contribution in [1.29, 1.82) is 0 Å². The molecule has 2 heteroatoms. The summed E-state index contributed by atoms with van der Waals surface area (Å²) < 4.78 is 5.13. The number of para-hydroxylation sites is 1. The van der Waals surface area contributed by atoms with Gasteiger partial charge in [0.1, 0.15) is 0 Å². The first-order valence-corrected chi connectivity index (χ1v) is 22.0. The third-order valence-electron chi connectivity index (χ3n) is 18.7. The number of rotatable bonds is 2. The third-order valence-corrected chi connectivity index (χ3v) is 18.7. The number of fused-ring (bicyclic) bond motifs is 11. The van der Waals surface area contributed by atoms with Gasteiger partial charge in [0, 0.05) is 38.3 Å². The van der Waals surface area contributed by atoms with E-state index in [0.717, 1.165) is 0 Å². The van der Waals surface area contributed by atoms with Crippen molar-refractivity contribution in [2.75, 3.05) is 0 Å². The second kappa shape index (κ2) is 10.8. The quantitative estimate of drug-likeness (QED) is 0.166. The Kier molecular flexibility index (Phi) is 6.77. The van der Waals surface area contributed by atoms with E-state index in [2.05, 4.69) is 215 Å². The van der Waals surface area contributed by atoms with Gasteiger partial charge in [-0.15, -0.1) is 0 Å². The molecule has 2 heterocycles. The standard InChI is InChI=1S/C57H60N2/c1-51(2)41-23-19-18-22-35(41)36-27-38-37-26-34(24-25-47(37)58(48(38)30-42(36)51)33-20-16-15-17-21-33)59-49-31-45-43(52(3,4)56(11,12)54(45,7)8)28-39(49)40-29-44-46(32-50(40)59)55(9,10)57(13,14)53(44,5)6/h15-32H,1-14H3. The van der Waals surface area contributed by atoms with E-state index in [1.807, 2.05) is 0 Å². The summed E-state index contributed by atoms with van der Waals surface area (Å²) >= 11 is 0. The Morgan fingerprint density at radius 3 is 1.27 bits per heavy atom. The highest BCUT2D eigenvalue weighted by molar-refractivity contribution is 6.14. The van der Waals surface area contributed by atoms with E-state index in [9.17, 15) is 0 Å². The Hall–Kier alpha value is -5.08. The van der Waals surface area contributed by atoms with Crippen molar-refractivity contribution in [2.45, 2.75) is 124 Å². The summed E-state index contributed by atoms with van der Waals surface area (Å²) in [5.41, 5.74) is 19.1. The zero-order valence-corrected chi connectivity index (χ0v) is 37.8. The molecule has 3 aliphatic carbocycles. The molecule has 0 saturated heterocycles. The topological polar surface area (TPSA) is 9.86 Å². The summed E-state index contributed by atoms with van der Waals surface area (Å²) in [7, 11) is 0. The van der Waals surface area contributed by atoms with Gasteiger partial charge in [-0.1, -0.05) is 139 Å². The lowest BCUT2D eigenvalue weighted by atomic mass is 9.59. The van der Waals surface area contributed by atoms with Crippen LogP contribution in [0.3, 0.4) is 0 Å². The lowest BCUT2D eigenvalue weighted by molar-refractivity contribution is 0.125. The summed E-state index contributed by atoms with van der Waals surface area (Å²) in [6.07, 6.45) is 0. The average molecular weight is 773 g/mol. The highest BCUT2D eigenvalue weighted by Crippen LogP contribution is 2.64. The maximum absolute atomic E-state index is 2.63. The van der Waals surface area contributed by atoms with E-state index < -0.39 is 0 Å². The van der Waals surface area contributed by atoms with Crippen LogP contribution < -0.4 is 0 Å². The van der Waals surface area contributed by atoms with Gasteiger partial charge in [0.15, 0.2) is 0 Å². The van der Waals surface area contributed by atoms with Crippen LogP contribution >= 0.6 is 0 Å². The molecule has 0 spiro atoms. The minimum atomic E-state index is -0.0828. The Balaban J connectivity index is 1.27. The molecule has 11 rings (SSSR count). The number of hydrogen-bond acceptors (Lipinski definition) is 0. The number of benzene rings is 6. The molecule has 0 aliphatic heterocycles. The summed E-state index contributed by atoms with van der Waals surface area (Å²) in [5.74, 6) is 0. The Bertz CT molecular complexity index is 3060. The van der Waals surface area contributed by atoms with Crippen LogP contribution in [0.2, 0.25) is 0 Å². The molecule has 3 aliphatic rings. The zero-order chi connectivity index (χ0) is 41.8. The summed E-state index contributed by atoms with van der Waals surface area (Å²) in [5, 5.41) is 5.32. The molecule has 0 N–H and O–H groups in total. The van der Waals surface area contributed by atoms with E-state index in [1.54, 1.807) is 0 Å². The normalized spacial score (nSPS) is 20.6. The van der Waals surface area contributed by atoms with Gasteiger partial charge < -0.3 is 9.13 Å². The Morgan fingerprint density at radius 1 is 0.305 bits per heavy atom. The van der Waals surface area contributed by atoms with Crippen LogP contribution in [0.5, 0.6) is 0 Å². The largest absolute Gasteiger partial charge is 0.309 e. The minimum absolute atomic E-state index is 0.00538. The highest BCUT2D eigenvalue weighted by Gasteiger charge is 2.58. The van der Waals surface area contributed by atoms with E-state index in [0.29, 0.717) is 0 Å². The molecule has 0 bridgehead atoms. The summed E-state index contributed by atoms with van der Waals surface area (Å²) in [6.45, 7) is 34.5. The first kappa shape index (κ1) is 37.0. The highest BCUT2D eigenvalue weighted by atomic mass is 15.0. The molecular weight excluding hydrogens is 713 g/mol. The van der Waals surface area contributed by atoms with Crippen LogP contribution in [0.1, 0.15) is 130 Å². The third kappa shape index (κ3) is 4.10. The van der Waals surface area contributed by atoms with Gasteiger partial charge >= 0.3 is 0 Å². The van der Waals surface area contributed by atoms with Gasteiger partial charge in [0.05, 0.1) is 22.1 Å². The number of hydrogen-bond donors (Lipinski definition) is 0. The minimum Gasteiger partial charge on any atom is -0.309 e. The fraction of sp³-hybridized carbons (Fsp3) is 0.368. The van der Waals surface area contributed by atoms with Crippen molar-refractivity contribution in [2.24, 2.45) is 10.8 Å². The predicted molar refractivity (Wildman–Crippen MR) is 252 cm³/mol. The molecule has 0 atom stereocenters. The van der Waals surface area contributed by atoms with Crippen molar-refractivity contribution in [3.05, 3.63) is 143 Å². The molecule has 0 radical (unpaired) electrons. The first-order chi connectivity index (χ1) is 27.6. The van der Waals surface area contributed by atoms with Crippen LogP contribution in [0, 0.1) is 10.8 Å². The lowest BCUT2D eigenvalue weighted by Gasteiger charge is -2.44. The smallest absolute Gasteiger partial charge is 0.0544 e. The van der Waals surface area contributed by atoms with E-state index in [-0.39, 0.29) is 37.9 Å². The van der Waals surface area contributed by atoms with Crippen LogP contribution in [0.15, 0.2) is 109 Å². The molecule has 59 heavy (non-hydrogen) atoms. The molecule has 2 aromatic heterocycles. The van der Waals surface area contributed by atoms with E-state index in [1.165, 1.54) is 99.5 Å². The maximum atomic E-state index is 2.63. The van der Waals surface area contributed by atoms with Crippen molar-refractivity contribution in [3.63, 3.8) is 0 Å². The second-order valence-corrected chi connectivity index (χ2v) is 22.4. The van der Waals surface area contributed by atoms with E-state index in [4.69, 9.17) is 0 Å². The molecule has 0 saturated carbocycles. The Labute approximate surface area is 351 Å². The van der Waals surface area contributed by atoms with Crippen molar-refractivity contribution < 1.29 is 0 Å². The summed E-state index contributed by atoms with van der Waals surface area (Å²) in [6, 6.07) is 42.7. The zero-order valence-electron chi connectivity index (χ0n) is 37.8. The molecule has 0 unspecified atom stereocenters. The van der Waals surface area contributed by atoms with Crippen LogP contribution in [-0.2, 0) is 27.1 Å². The molecule has 298 valence electrons. The van der Waals surface area contributed by atoms with Crippen molar-refractivity contribution >= 4 is 43.6 Å². The maximum Gasteiger partial charge on any atom is 0.0544 e. The van der Waals surface area contributed by atoms with Gasteiger partial charge in [0.25, 0.3) is 0 Å². The average Bonchev–Trinajstić information content (AvgIpc) is 3.82. The number of nitrogens with zero attached hydrogens (tertiary/aromatic N) is 2. The Morgan fingerprint density at radius 2 is 0.729 bits per heavy atom. The van der Waals surface area contributed by atoms with Crippen LogP contribution in [0.4, 0.5) is 0 Å². The molecule has 8 aromatic rings. The monoisotopic (exact) mass is 772 g/mol. The molecule has 0 fully saturated rings. The number of aromatic nitrogens is 2. The molecular formula is C57H60N2. The summed E-state index contributed by atoms with van der Waals surface area (Å²) in [4.78, 5) is 0. The van der Waals surface area contributed by atoms with Gasteiger partial charge in [0.2, 0.25) is 0 Å². The second-order valence-electron chi connectivity index (χ2n) is 22.4. The van der Waals surface area contributed by atoms with Gasteiger partial charge in [-0.25, -0.2) is 0 Å². The van der Waals surface area contributed by atoms with Crippen LogP contribution in [0.25, 0.3) is 66.1 Å². The lowest BCUT2D eigenvalue weighted by Crippen LogP contribution is -2.42. The molecule has 0 amide bonds. The van der Waals surface area contributed by atoms with Crippen molar-refractivity contribution in [3.8, 4) is 22.5 Å². The van der Waals surface area contributed by atoms with E-state index >= 15 is 0 Å². The van der Waals surface area contributed by atoms with Gasteiger partial charge in [-0.05, 0) is 144 Å². The van der Waals surface area contributed by atoms with Gasteiger partial charge in [-0.3, -0.25) is 0 Å². The van der Waals surface area contributed by atoms with Crippen LogP contribution in [-0.4, -0.2) is 9.13 Å². The van der Waals surface area contributed by atoms with Gasteiger partial charge in [-0.2, -0.15) is 0 Å². The first-order valence-electron chi connectivity index (χ1n) is 22.0. The molecule has 6 aromatic carbocycles.